The summed E-state index contributed by atoms with van der Waals surface area (Å²) in [5.41, 5.74) is 0. The van der Waals surface area contributed by atoms with E-state index in [1.165, 1.54) is 0 Å². The van der Waals surface area contributed by atoms with Crippen LogP contribution in [0, 0.1) is 0 Å². The Bertz CT molecular complexity index is 669. The zero-order valence-corrected chi connectivity index (χ0v) is 16.6. The maximum atomic E-state index is 12.9. The second kappa shape index (κ2) is 8.90. The summed E-state index contributed by atoms with van der Waals surface area (Å²) in [6, 6.07) is 5.82. The van der Waals surface area contributed by atoms with E-state index in [-0.39, 0.29) is 17.9 Å². The van der Waals surface area contributed by atoms with Crippen molar-refractivity contribution in [1.82, 2.24) is 19.7 Å². The molecule has 3 aliphatic heterocycles. The van der Waals surface area contributed by atoms with Gasteiger partial charge in [0.2, 0.25) is 11.8 Å². The molecule has 4 heterocycles. The van der Waals surface area contributed by atoms with Gasteiger partial charge in [-0.3, -0.25) is 14.5 Å². The Morgan fingerprint density at radius 2 is 1.64 bits per heavy atom. The fraction of sp³-hybridized carbons (Fsp3) is 0.667. The molecule has 3 saturated heterocycles. The lowest BCUT2D eigenvalue weighted by molar-refractivity contribution is -0.140. The molecule has 1 aromatic rings. The van der Waals surface area contributed by atoms with Gasteiger partial charge in [0.25, 0.3) is 0 Å². The van der Waals surface area contributed by atoms with Gasteiger partial charge in [0, 0.05) is 45.5 Å². The van der Waals surface area contributed by atoms with E-state index < -0.39 is 0 Å². The van der Waals surface area contributed by atoms with Crippen molar-refractivity contribution in [2.45, 2.75) is 38.1 Å². The van der Waals surface area contributed by atoms with Crippen LogP contribution in [0.1, 0.15) is 32.1 Å². The summed E-state index contributed by atoms with van der Waals surface area (Å²) in [5, 5.41) is 0. The summed E-state index contributed by atoms with van der Waals surface area (Å²) in [5.74, 6) is 1.37. The molecule has 0 spiro atoms. The van der Waals surface area contributed by atoms with E-state index in [2.05, 4.69) is 14.8 Å². The van der Waals surface area contributed by atoms with Crippen molar-refractivity contribution in [2.75, 3.05) is 57.3 Å². The molecule has 0 radical (unpaired) electrons. The molecule has 1 unspecified atom stereocenters. The van der Waals surface area contributed by atoms with Crippen molar-refractivity contribution < 1.29 is 9.59 Å². The lowest BCUT2D eigenvalue weighted by Crippen LogP contribution is -2.55. The number of hydrogen-bond donors (Lipinski definition) is 0. The predicted molar refractivity (Wildman–Crippen MR) is 108 cm³/mol. The molecule has 0 bridgehead atoms. The Morgan fingerprint density at radius 3 is 2.36 bits per heavy atom. The van der Waals surface area contributed by atoms with Crippen LogP contribution in [0.2, 0.25) is 0 Å². The zero-order chi connectivity index (χ0) is 19.3. The SMILES string of the molecule is O=C(CN1CCCCC1C(=O)N1CCCC1)N1CCN(c2ccccn2)CC1. The van der Waals surface area contributed by atoms with Crippen molar-refractivity contribution >= 4 is 17.6 Å². The smallest absolute Gasteiger partial charge is 0.239 e. The number of piperazine rings is 1. The van der Waals surface area contributed by atoms with Gasteiger partial charge >= 0.3 is 0 Å². The van der Waals surface area contributed by atoms with E-state index in [0.29, 0.717) is 19.6 Å². The predicted octanol–water partition coefficient (Wildman–Crippen LogP) is 1.21. The van der Waals surface area contributed by atoms with Crippen molar-refractivity contribution in [3.63, 3.8) is 0 Å². The molecular weight excluding hydrogens is 354 g/mol. The average molecular weight is 386 g/mol. The van der Waals surface area contributed by atoms with Crippen LogP contribution in [0.5, 0.6) is 0 Å². The molecule has 152 valence electrons. The van der Waals surface area contributed by atoms with Gasteiger partial charge in [-0.05, 0) is 44.4 Å². The molecule has 0 saturated carbocycles. The van der Waals surface area contributed by atoms with Gasteiger partial charge < -0.3 is 14.7 Å². The number of hydrogen-bond acceptors (Lipinski definition) is 5. The maximum absolute atomic E-state index is 12.9. The number of pyridine rings is 1. The highest BCUT2D eigenvalue weighted by Crippen LogP contribution is 2.21. The Kier molecular flexibility index (Phi) is 6.10. The fourth-order valence-corrected chi connectivity index (χ4v) is 4.61. The molecule has 1 atom stereocenters. The highest BCUT2D eigenvalue weighted by atomic mass is 16.2. The molecule has 0 N–H and O–H groups in total. The van der Waals surface area contributed by atoms with Crippen LogP contribution in [0.25, 0.3) is 0 Å². The summed E-state index contributed by atoms with van der Waals surface area (Å²) in [6.07, 6.45) is 7.06. The highest BCUT2D eigenvalue weighted by molar-refractivity contribution is 5.84. The normalized spacial score (nSPS) is 23.9. The Morgan fingerprint density at radius 1 is 0.893 bits per heavy atom. The first-order valence-electron chi connectivity index (χ1n) is 10.7. The Labute approximate surface area is 167 Å². The number of likely N-dealkylation sites (tertiary alicyclic amines) is 2. The fourth-order valence-electron chi connectivity index (χ4n) is 4.61. The van der Waals surface area contributed by atoms with Gasteiger partial charge in [0.15, 0.2) is 0 Å². The van der Waals surface area contributed by atoms with Gasteiger partial charge in [-0.1, -0.05) is 12.5 Å². The molecule has 4 rings (SSSR count). The van der Waals surface area contributed by atoms with Crippen LogP contribution in [0.15, 0.2) is 24.4 Å². The number of rotatable bonds is 4. The third-order valence-corrected chi connectivity index (χ3v) is 6.26. The van der Waals surface area contributed by atoms with E-state index in [0.717, 1.165) is 70.6 Å². The molecular formula is C21H31N5O2. The number of carbonyl (C=O) groups excluding carboxylic acids is 2. The molecule has 7 nitrogen and oxygen atoms in total. The third kappa shape index (κ3) is 4.29. The van der Waals surface area contributed by atoms with E-state index in [1.54, 1.807) is 6.20 Å². The molecule has 7 heteroatoms. The van der Waals surface area contributed by atoms with E-state index in [9.17, 15) is 9.59 Å². The minimum absolute atomic E-state index is 0.106. The molecule has 3 fully saturated rings. The number of piperidine rings is 1. The lowest BCUT2D eigenvalue weighted by atomic mass is 10.0. The zero-order valence-electron chi connectivity index (χ0n) is 16.6. The van der Waals surface area contributed by atoms with E-state index in [1.807, 2.05) is 28.0 Å². The quantitative estimate of drug-likeness (QED) is 0.780. The maximum Gasteiger partial charge on any atom is 0.239 e. The summed E-state index contributed by atoms with van der Waals surface area (Å²) in [4.78, 5) is 38.6. The number of anilines is 1. The van der Waals surface area contributed by atoms with E-state index >= 15 is 0 Å². The summed E-state index contributed by atoms with van der Waals surface area (Å²) in [6.45, 7) is 6.02. The summed E-state index contributed by atoms with van der Waals surface area (Å²) >= 11 is 0. The van der Waals surface area contributed by atoms with Gasteiger partial charge in [-0.25, -0.2) is 4.98 Å². The van der Waals surface area contributed by atoms with Crippen LogP contribution in [-0.4, -0.2) is 89.9 Å². The van der Waals surface area contributed by atoms with Crippen LogP contribution >= 0.6 is 0 Å². The first-order valence-corrected chi connectivity index (χ1v) is 10.7. The lowest BCUT2D eigenvalue weighted by Gasteiger charge is -2.39. The first kappa shape index (κ1) is 19.2. The second-order valence-electron chi connectivity index (χ2n) is 8.07. The van der Waals surface area contributed by atoms with Gasteiger partial charge in [-0.15, -0.1) is 0 Å². The number of aromatic nitrogens is 1. The molecule has 0 aliphatic carbocycles. The number of amides is 2. The summed E-state index contributed by atoms with van der Waals surface area (Å²) < 4.78 is 0. The number of nitrogens with zero attached hydrogens (tertiary/aromatic N) is 5. The van der Waals surface area contributed by atoms with Crippen LogP contribution in [0.4, 0.5) is 5.82 Å². The second-order valence-corrected chi connectivity index (χ2v) is 8.07. The molecule has 3 aliphatic rings. The van der Waals surface area contributed by atoms with Gasteiger partial charge in [0.1, 0.15) is 5.82 Å². The molecule has 0 aromatic carbocycles. The topological polar surface area (TPSA) is 60.0 Å². The highest BCUT2D eigenvalue weighted by Gasteiger charge is 2.34. The van der Waals surface area contributed by atoms with Crippen LogP contribution in [0.3, 0.4) is 0 Å². The van der Waals surface area contributed by atoms with Crippen molar-refractivity contribution in [2.24, 2.45) is 0 Å². The summed E-state index contributed by atoms with van der Waals surface area (Å²) in [7, 11) is 0. The first-order chi connectivity index (χ1) is 13.7. The molecule has 2 amide bonds. The largest absolute Gasteiger partial charge is 0.353 e. The van der Waals surface area contributed by atoms with Crippen LogP contribution < -0.4 is 4.90 Å². The number of carbonyl (C=O) groups is 2. The minimum Gasteiger partial charge on any atom is -0.353 e. The average Bonchev–Trinajstić information content (AvgIpc) is 3.29. The standard InChI is InChI=1S/C21H31N5O2/c27-20(24-15-13-23(14-16-24)19-8-1-3-9-22-19)17-26-12-4-2-7-18(26)21(28)25-10-5-6-11-25/h1,3,8-9,18H,2,4-7,10-17H2. The third-order valence-electron chi connectivity index (χ3n) is 6.26. The van der Waals surface area contributed by atoms with Crippen LogP contribution in [-0.2, 0) is 9.59 Å². The molecule has 1 aromatic heterocycles. The van der Waals surface area contributed by atoms with E-state index in [4.69, 9.17) is 0 Å². The molecule has 28 heavy (non-hydrogen) atoms. The van der Waals surface area contributed by atoms with Crippen molar-refractivity contribution in [3.8, 4) is 0 Å². The Balaban J connectivity index is 1.31. The van der Waals surface area contributed by atoms with Gasteiger partial charge in [-0.2, -0.15) is 0 Å². The van der Waals surface area contributed by atoms with Crippen molar-refractivity contribution in [1.29, 1.82) is 0 Å². The Hall–Kier alpha value is -2.15. The van der Waals surface area contributed by atoms with Crippen molar-refractivity contribution in [3.05, 3.63) is 24.4 Å². The minimum atomic E-state index is -0.106. The monoisotopic (exact) mass is 385 g/mol. The van der Waals surface area contributed by atoms with Gasteiger partial charge in [0.05, 0.1) is 12.6 Å².